The Morgan fingerprint density at radius 2 is 2.17 bits per heavy atom. The monoisotopic (exact) mass is 272 g/mol. The summed E-state index contributed by atoms with van der Waals surface area (Å²) in [4.78, 5) is 0. The van der Waals surface area contributed by atoms with Gasteiger partial charge in [0.05, 0.1) is 6.26 Å². The van der Waals surface area contributed by atoms with E-state index in [4.69, 9.17) is 0 Å². The van der Waals surface area contributed by atoms with E-state index in [2.05, 4.69) is 17.5 Å². The van der Waals surface area contributed by atoms with E-state index in [1.54, 1.807) is 4.31 Å². The van der Waals surface area contributed by atoms with Gasteiger partial charge in [0, 0.05) is 19.1 Å². The number of piperidine rings is 1. The zero-order valence-electron chi connectivity index (χ0n) is 11.1. The van der Waals surface area contributed by atoms with Crippen molar-refractivity contribution in [3.8, 4) is 0 Å². The first-order valence-electron chi connectivity index (χ1n) is 6.89. The molecule has 1 aliphatic heterocycles. The minimum atomic E-state index is -3.02. The molecule has 0 saturated carbocycles. The number of nitrogens with zero attached hydrogens (tertiary/aromatic N) is 1. The molecule has 5 heteroatoms. The molecule has 1 heterocycles. The Kier molecular flexibility index (Phi) is 4.81. The summed E-state index contributed by atoms with van der Waals surface area (Å²) in [6, 6.07) is 0.333. The number of hydrogen-bond donors (Lipinski definition) is 1. The van der Waals surface area contributed by atoms with Gasteiger partial charge in [0.2, 0.25) is 10.0 Å². The summed E-state index contributed by atoms with van der Waals surface area (Å²) in [7, 11) is -3.02. The molecule has 1 aliphatic carbocycles. The number of sulfonamides is 1. The molecule has 1 saturated heterocycles. The third-order valence-corrected chi connectivity index (χ3v) is 5.20. The predicted molar refractivity (Wildman–Crippen MR) is 73.9 cm³/mol. The van der Waals surface area contributed by atoms with Gasteiger partial charge in [-0.05, 0) is 44.6 Å². The van der Waals surface area contributed by atoms with E-state index < -0.39 is 10.0 Å². The Labute approximate surface area is 110 Å². The van der Waals surface area contributed by atoms with Gasteiger partial charge in [0.25, 0.3) is 0 Å². The summed E-state index contributed by atoms with van der Waals surface area (Å²) in [6.45, 7) is 2.34. The number of rotatable bonds is 4. The molecule has 1 fully saturated rings. The van der Waals surface area contributed by atoms with Crippen LogP contribution in [-0.4, -0.2) is 44.7 Å². The van der Waals surface area contributed by atoms with Crippen molar-refractivity contribution in [1.29, 1.82) is 0 Å². The Hall–Kier alpha value is -0.390. The second-order valence-corrected chi connectivity index (χ2v) is 7.50. The van der Waals surface area contributed by atoms with Crippen LogP contribution in [0.2, 0.25) is 0 Å². The van der Waals surface area contributed by atoms with Crippen LogP contribution in [0.15, 0.2) is 12.2 Å². The Bertz CT molecular complexity index is 392. The van der Waals surface area contributed by atoms with Crippen molar-refractivity contribution in [2.45, 2.75) is 38.1 Å². The third kappa shape index (κ3) is 4.07. The van der Waals surface area contributed by atoms with Gasteiger partial charge in [-0.1, -0.05) is 12.2 Å². The maximum atomic E-state index is 11.5. The van der Waals surface area contributed by atoms with Crippen molar-refractivity contribution >= 4 is 10.0 Å². The van der Waals surface area contributed by atoms with Gasteiger partial charge in [-0.15, -0.1) is 0 Å². The molecule has 4 nitrogen and oxygen atoms in total. The van der Waals surface area contributed by atoms with Gasteiger partial charge < -0.3 is 5.32 Å². The van der Waals surface area contributed by atoms with Crippen molar-refractivity contribution < 1.29 is 8.42 Å². The van der Waals surface area contributed by atoms with E-state index in [1.165, 1.54) is 19.1 Å². The molecule has 2 atom stereocenters. The van der Waals surface area contributed by atoms with E-state index in [0.29, 0.717) is 19.1 Å². The second kappa shape index (κ2) is 6.17. The summed E-state index contributed by atoms with van der Waals surface area (Å²) in [5, 5.41) is 3.55. The molecule has 0 radical (unpaired) electrons. The molecular weight excluding hydrogens is 248 g/mol. The highest BCUT2D eigenvalue weighted by atomic mass is 32.2. The summed E-state index contributed by atoms with van der Waals surface area (Å²) < 4.78 is 24.7. The van der Waals surface area contributed by atoms with Crippen molar-refractivity contribution in [3.05, 3.63) is 12.2 Å². The van der Waals surface area contributed by atoms with Crippen LogP contribution in [0, 0.1) is 5.92 Å². The third-order valence-electron chi connectivity index (χ3n) is 3.93. The molecule has 104 valence electrons. The normalized spacial score (nSPS) is 30.5. The summed E-state index contributed by atoms with van der Waals surface area (Å²) in [5.74, 6) is 0.726. The Morgan fingerprint density at radius 3 is 2.83 bits per heavy atom. The van der Waals surface area contributed by atoms with E-state index in [-0.39, 0.29) is 0 Å². The predicted octanol–water partition coefficient (Wildman–Crippen LogP) is 1.36. The zero-order chi connectivity index (χ0) is 13.0. The highest BCUT2D eigenvalue weighted by molar-refractivity contribution is 7.88. The van der Waals surface area contributed by atoms with Crippen LogP contribution in [0.4, 0.5) is 0 Å². The lowest BCUT2D eigenvalue weighted by Crippen LogP contribution is -2.48. The molecule has 0 aromatic carbocycles. The molecule has 2 unspecified atom stereocenters. The maximum Gasteiger partial charge on any atom is 0.211 e. The second-order valence-electron chi connectivity index (χ2n) is 5.52. The number of hydrogen-bond acceptors (Lipinski definition) is 3. The quantitative estimate of drug-likeness (QED) is 0.786. The van der Waals surface area contributed by atoms with Crippen LogP contribution in [0.1, 0.15) is 32.1 Å². The van der Waals surface area contributed by atoms with Crippen LogP contribution in [0.25, 0.3) is 0 Å². The minimum Gasteiger partial charge on any atom is -0.312 e. The highest BCUT2D eigenvalue weighted by Crippen LogP contribution is 2.18. The van der Waals surface area contributed by atoms with E-state index in [9.17, 15) is 8.42 Å². The molecule has 1 N–H and O–H groups in total. The lowest BCUT2D eigenvalue weighted by atomic mass is 9.94. The summed E-state index contributed by atoms with van der Waals surface area (Å²) >= 11 is 0. The van der Waals surface area contributed by atoms with Gasteiger partial charge in [0.1, 0.15) is 0 Å². The van der Waals surface area contributed by atoms with Gasteiger partial charge >= 0.3 is 0 Å². The van der Waals surface area contributed by atoms with Crippen LogP contribution in [0.5, 0.6) is 0 Å². The van der Waals surface area contributed by atoms with Gasteiger partial charge in [0.15, 0.2) is 0 Å². The van der Waals surface area contributed by atoms with Gasteiger partial charge in [-0.3, -0.25) is 0 Å². The standard InChI is InChI=1S/C13H24N2O2S/c1-18(16,17)15-9-5-8-13(11-15)14-10-12-6-3-2-4-7-12/h2-3,12-14H,4-11H2,1H3. The average Bonchev–Trinajstić information content (AvgIpc) is 2.37. The lowest BCUT2D eigenvalue weighted by Gasteiger charge is -2.32. The first kappa shape index (κ1) is 14.0. The largest absolute Gasteiger partial charge is 0.312 e. The lowest BCUT2D eigenvalue weighted by molar-refractivity contribution is 0.272. The first-order valence-corrected chi connectivity index (χ1v) is 8.74. The van der Waals surface area contributed by atoms with Crippen LogP contribution in [0.3, 0.4) is 0 Å². The molecule has 0 bridgehead atoms. The summed E-state index contributed by atoms with van der Waals surface area (Å²) in [6.07, 6.45) is 11.5. The molecule has 2 aliphatic rings. The number of allylic oxidation sites excluding steroid dienone is 2. The molecule has 0 aromatic heterocycles. The maximum absolute atomic E-state index is 11.5. The fraction of sp³-hybridized carbons (Fsp3) is 0.846. The van der Waals surface area contributed by atoms with Crippen molar-refractivity contribution in [1.82, 2.24) is 9.62 Å². The summed E-state index contributed by atoms with van der Waals surface area (Å²) in [5.41, 5.74) is 0. The average molecular weight is 272 g/mol. The van der Waals surface area contributed by atoms with E-state index >= 15 is 0 Å². The molecule has 2 rings (SSSR count). The Morgan fingerprint density at radius 1 is 1.33 bits per heavy atom. The van der Waals surface area contributed by atoms with Crippen molar-refractivity contribution in [3.63, 3.8) is 0 Å². The smallest absolute Gasteiger partial charge is 0.211 e. The zero-order valence-corrected chi connectivity index (χ0v) is 12.0. The Balaban J connectivity index is 1.77. The fourth-order valence-corrected chi connectivity index (χ4v) is 3.70. The molecule has 0 aromatic rings. The van der Waals surface area contributed by atoms with E-state index in [1.807, 2.05) is 0 Å². The van der Waals surface area contributed by atoms with Gasteiger partial charge in [-0.2, -0.15) is 0 Å². The van der Waals surface area contributed by atoms with Crippen LogP contribution >= 0.6 is 0 Å². The molecule has 18 heavy (non-hydrogen) atoms. The van der Waals surface area contributed by atoms with Crippen LogP contribution in [-0.2, 0) is 10.0 Å². The topological polar surface area (TPSA) is 49.4 Å². The molecular formula is C13H24N2O2S. The number of nitrogens with one attached hydrogen (secondary N) is 1. The minimum absolute atomic E-state index is 0.333. The SMILES string of the molecule is CS(=O)(=O)N1CCCC(NCC2CC=CCC2)C1. The van der Waals surface area contributed by atoms with Crippen molar-refractivity contribution in [2.24, 2.45) is 5.92 Å². The van der Waals surface area contributed by atoms with E-state index in [0.717, 1.165) is 31.7 Å². The first-order chi connectivity index (χ1) is 8.55. The van der Waals surface area contributed by atoms with Crippen LogP contribution < -0.4 is 5.32 Å². The molecule has 0 spiro atoms. The molecule has 0 amide bonds. The fourth-order valence-electron chi connectivity index (χ4n) is 2.79. The van der Waals surface area contributed by atoms with Crippen molar-refractivity contribution in [2.75, 3.05) is 25.9 Å². The highest BCUT2D eigenvalue weighted by Gasteiger charge is 2.25. The van der Waals surface area contributed by atoms with Gasteiger partial charge in [-0.25, -0.2) is 12.7 Å².